The number of nitrogens with one attached hydrogen (secondary N) is 1. The zero-order valence-electron chi connectivity index (χ0n) is 15.1. The second-order valence-corrected chi connectivity index (χ2v) is 7.29. The lowest BCUT2D eigenvalue weighted by molar-refractivity contribution is 0.0657. The third-order valence-corrected chi connectivity index (χ3v) is 4.75. The van der Waals surface area contributed by atoms with Crippen LogP contribution in [-0.2, 0) is 11.3 Å². The first-order valence-corrected chi connectivity index (χ1v) is 9.50. The van der Waals surface area contributed by atoms with Gasteiger partial charge >= 0.3 is 0 Å². The number of hydrogen-bond donors (Lipinski definition) is 1. The first kappa shape index (κ1) is 17.5. The van der Waals surface area contributed by atoms with Crippen molar-refractivity contribution in [1.82, 2.24) is 19.9 Å². The maximum absolute atomic E-state index is 5.65. The molecule has 0 saturated carbocycles. The van der Waals surface area contributed by atoms with Gasteiger partial charge in [0.25, 0.3) is 0 Å². The van der Waals surface area contributed by atoms with Gasteiger partial charge in [-0.15, -0.1) is 0 Å². The molecule has 0 radical (unpaired) electrons. The lowest BCUT2D eigenvalue weighted by Gasteiger charge is -2.08. The fourth-order valence-electron chi connectivity index (χ4n) is 2.56. The molecule has 0 spiro atoms. The van der Waals surface area contributed by atoms with Crippen molar-refractivity contribution >= 4 is 32.6 Å². The second-order valence-electron chi connectivity index (χ2n) is 6.31. The summed E-state index contributed by atoms with van der Waals surface area (Å²) in [4.78, 5) is 18.6. The Balaban J connectivity index is 1.55. The van der Waals surface area contributed by atoms with Crippen LogP contribution in [0.5, 0.6) is 0 Å². The number of anilines is 2. The van der Waals surface area contributed by atoms with Gasteiger partial charge in [-0.2, -0.15) is 0 Å². The van der Waals surface area contributed by atoms with Crippen molar-refractivity contribution in [2.45, 2.75) is 26.6 Å². The molecule has 4 aromatic heterocycles. The molecule has 1 N–H and O–H groups in total. The van der Waals surface area contributed by atoms with E-state index in [1.165, 1.54) is 11.3 Å². The highest BCUT2D eigenvalue weighted by Gasteiger charge is 2.09. The van der Waals surface area contributed by atoms with Crippen LogP contribution < -0.4 is 5.32 Å². The normalized spacial score (nSPS) is 11.2. The molecule has 4 aromatic rings. The first-order chi connectivity index (χ1) is 13.2. The number of aromatic nitrogens is 4. The van der Waals surface area contributed by atoms with Crippen molar-refractivity contribution in [2.24, 2.45) is 0 Å². The summed E-state index contributed by atoms with van der Waals surface area (Å²) in [5.74, 6) is 0.744. The fourth-order valence-corrected chi connectivity index (χ4v) is 3.40. The Bertz CT molecular complexity index is 1050. The molecule has 27 heavy (non-hydrogen) atoms. The first-order valence-electron chi connectivity index (χ1n) is 8.69. The SMILES string of the molecule is CC(C)OCc1ccnc(Nc2nc3ccc(-c4ccncc4)nc3s2)c1. The Morgan fingerprint density at radius 1 is 1.04 bits per heavy atom. The summed E-state index contributed by atoms with van der Waals surface area (Å²) in [5.41, 5.74) is 3.88. The van der Waals surface area contributed by atoms with Crippen molar-refractivity contribution in [1.29, 1.82) is 0 Å². The average Bonchev–Trinajstić information content (AvgIpc) is 3.08. The summed E-state index contributed by atoms with van der Waals surface area (Å²) in [5, 5.41) is 4.03. The number of nitrogens with zero attached hydrogens (tertiary/aromatic N) is 4. The van der Waals surface area contributed by atoms with Crippen LogP contribution in [0.1, 0.15) is 19.4 Å². The highest BCUT2D eigenvalue weighted by atomic mass is 32.1. The topological polar surface area (TPSA) is 72.8 Å². The summed E-state index contributed by atoms with van der Waals surface area (Å²) in [6, 6.07) is 11.8. The van der Waals surface area contributed by atoms with E-state index in [2.05, 4.69) is 20.3 Å². The predicted molar refractivity (Wildman–Crippen MR) is 108 cm³/mol. The number of fused-ring (bicyclic) bond motifs is 1. The Morgan fingerprint density at radius 2 is 1.89 bits per heavy atom. The quantitative estimate of drug-likeness (QED) is 0.519. The Labute approximate surface area is 161 Å². The molecular formula is C20H19N5OS. The van der Waals surface area contributed by atoms with E-state index >= 15 is 0 Å². The molecule has 0 aliphatic heterocycles. The van der Waals surface area contributed by atoms with Crippen LogP contribution in [0.3, 0.4) is 0 Å². The summed E-state index contributed by atoms with van der Waals surface area (Å²) in [6.07, 6.45) is 5.50. The molecule has 0 unspecified atom stereocenters. The molecule has 0 aliphatic rings. The van der Waals surface area contributed by atoms with Crippen molar-refractivity contribution in [3.8, 4) is 11.3 Å². The minimum atomic E-state index is 0.194. The number of hydrogen-bond acceptors (Lipinski definition) is 7. The van der Waals surface area contributed by atoms with E-state index in [-0.39, 0.29) is 6.10 Å². The van der Waals surface area contributed by atoms with E-state index in [1.807, 2.05) is 50.2 Å². The third kappa shape index (κ3) is 4.27. The lowest BCUT2D eigenvalue weighted by Crippen LogP contribution is -2.03. The monoisotopic (exact) mass is 377 g/mol. The summed E-state index contributed by atoms with van der Waals surface area (Å²) < 4.78 is 5.65. The van der Waals surface area contributed by atoms with Crippen LogP contribution in [0.25, 0.3) is 21.6 Å². The zero-order valence-corrected chi connectivity index (χ0v) is 15.9. The minimum absolute atomic E-state index is 0.194. The molecule has 4 rings (SSSR count). The number of rotatable bonds is 6. The standard InChI is InChI=1S/C20H19N5OS/c1-13(2)26-12-14-5-10-22-18(11-14)25-20-24-17-4-3-16(23-19(17)27-20)15-6-8-21-9-7-15/h3-11,13H,12H2,1-2H3,(H,22,24,25). The van der Waals surface area contributed by atoms with Gasteiger partial charge in [0.05, 0.1) is 18.4 Å². The molecule has 0 fully saturated rings. The summed E-state index contributed by atoms with van der Waals surface area (Å²) in [6.45, 7) is 4.61. The van der Waals surface area contributed by atoms with E-state index < -0.39 is 0 Å². The van der Waals surface area contributed by atoms with Gasteiger partial charge in [-0.05, 0) is 55.8 Å². The van der Waals surface area contributed by atoms with Crippen LogP contribution in [0.2, 0.25) is 0 Å². The number of thiazole rings is 1. The molecule has 7 heteroatoms. The van der Waals surface area contributed by atoms with E-state index in [9.17, 15) is 0 Å². The van der Waals surface area contributed by atoms with Gasteiger partial charge in [0.2, 0.25) is 0 Å². The highest BCUT2D eigenvalue weighted by Crippen LogP contribution is 2.29. The van der Waals surface area contributed by atoms with Gasteiger partial charge in [-0.1, -0.05) is 11.3 Å². The molecular weight excluding hydrogens is 358 g/mol. The van der Waals surface area contributed by atoms with E-state index in [1.54, 1.807) is 18.6 Å². The molecule has 0 saturated heterocycles. The van der Waals surface area contributed by atoms with Crippen LogP contribution in [0.15, 0.2) is 55.0 Å². The molecule has 136 valence electrons. The number of ether oxygens (including phenoxy) is 1. The Kier molecular flexibility index (Phi) is 5.04. The lowest BCUT2D eigenvalue weighted by atomic mass is 10.2. The van der Waals surface area contributed by atoms with Crippen LogP contribution in [0.4, 0.5) is 10.9 Å². The van der Waals surface area contributed by atoms with Crippen molar-refractivity contribution in [2.75, 3.05) is 5.32 Å². The van der Waals surface area contributed by atoms with Gasteiger partial charge in [0.15, 0.2) is 5.13 Å². The van der Waals surface area contributed by atoms with Crippen LogP contribution >= 0.6 is 11.3 Å². The minimum Gasteiger partial charge on any atom is -0.374 e. The van der Waals surface area contributed by atoms with E-state index in [0.717, 1.165) is 38.1 Å². The largest absolute Gasteiger partial charge is 0.374 e. The van der Waals surface area contributed by atoms with Gasteiger partial charge in [0, 0.05) is 24.2 Å². The molecule has 0 aromatic carbocycles. The van der Waals surface area contributed by atoms with Gasteiger partial charge in [0.1, 0.15) is 16.2 Å². The molecule has 0 amide bonds. The predicted octanol–water partition coefficient (Wildman–Crippen LogP) is 4.82. The highest BCUT2D eigenvalue weighted by molar-refractivity contribution is 7.21. The zero-order chi connectivity index (χ0) is 18.6. The smallest absolute Gasteiger partial charge is 0.190 e. The summed E-state index contributed by atoms with van der Waals surface area (Å²) >= 11 is 1.50. The molecule has 0 aliphatic carbocycles. The maximum atomic E-state index is 5.65. The average molecular weight is 377 g/mol. The van der Waals surface area contributed by atoms with Crippen molar-refractivity contribution < 1.29 is 4.74 Å². The molecule has 0 atom stereocenters. The van der Waals surface area contributed by atoms with Crippen molar-refractivity contribution in [3.63, 3.8) is 0 Å². The van der Waals surface area contributed by atoms with Crippen LogP contribution in [-0.4, -0.2) is 26.0 Å². The maximum Gasteiger partial charge on any atom is 0.190 e. The molecule has 6 nitrogen and oxygen atoms in total. The van der Waals surface area contributed by atoms with E-state index in [0.29, 0.717) is 6.61 Å². The second kappa shape index (κ2) is 7.77. The molecule has 0 bridgehead atoms. The van der Waals surface area contributed by atoms with Gasteiger partial charge < -0.3 is 10.1 Å². The Hall–Kier alpha value is -2.90. The van der Waals surface area contributed by atoms with Crippen LogP contribution in [0, 0.1) is 0 Å². The van der Waals surface area contributed by atoms with Crippen molar-refractivity contribution in [3.05, 3.63) is 60.6 Å². The van der Waals surface area contributed by atoms with Gasteiger partial charge in [-0.3, -0.25) is 4.98 Å². The number of pyridine rings is 3. The Morgan fingerprint density at radius 3 is 2.70 bits per heavy atom. The molecule has 4 heterocycles. The van der Waals surface area contributed by atoms with Gasteiger partial charge in [-0.25, -0.2) is 15.0 Å². The van der Waals surface area contributed by atoms with E-state index in [4.69, 9.17) is 9.72 Å². The fraction of sp³-hybridized carbons (Fsp3) is 0.200. The summed E-state index contributed by atoms with van der Waals surface area (Å²) in [7, 11) is 0. The third-order valence-electron chi connectivity index (χ3n) is 3.87.